The highest BCUT2D eigenvalue weighted by atomic mass is 28.4. The number of hydrogen-bond donors (Lipinski definition) is 0. The highest BCUT2D eigenvalue weighted by Gasteiger charge is 2.41. The van der Waals surface area contributed by atoms with Crippen LogP contribution in [-0.4, -0.2) is 14.4 Å². The number of alkyl halides is 3. The van der Waals surface area contributed by atoms with Gasteiger partial charge in [0.15, 0.2) is 8.32 Å². The van der Waals surface area contributed by atoms with E-state index in [0.717, 1.165) is 31.2 Å². The molecule has 1 aromatic carbocycles. The summed E-state index contributed by atoms with van der Waals surface area (Å²) in [5.41, 5.74) is 0.398. The molecule has 0 heterocycles. The van der Waals surface area contributed by atoms with E-state index in [2.05, 4.69) is 33.9 Å². The predicted molar refractivity (Wildman–Crippen MR) is 94.7 cm³/mol. The van der Waals surface area contributed by atoms with Crippen LogP contribution in [0.1, 0.15) is 63.5 Å². The van der Waals surface area contributed by atoms with Crippen LogP contribution in [0.3, 0.4) is 0 Å². The van der Waals surface area contributed by atoms with Gasteiger partial charge in [-0.2, -0.15) is 13.2 Å². The van der Waals surface area contributed by atoms with E-state index in [1.54, 1.807) is 12.1 Å². The standard InChI is InChI=1S/C19H29F3OSi/c1-18(2,3)24(4,5)23-17-9-7-6-8-16(17)14-10-12-15(13-11-14)19(20,21)22/h10-13,16-17H,6-9H2,1-5H3/t16-,17+/m0/s1. The third-order valence-electron chi connectivity index (χ3n) is 5.62. The molecule has 1 aliphatic carbocycles. The fourth-order valence-electron chi connectivity index (χ4n) is 3.09. The summed E-state index contributed by atoms with van der Waals surface area (Å²) < 4.78 is 44.9. The molecule has 0 spiro atoms. The van der Waals surface area contributed by atoms with Gasteiger partial charge < -0.3 is 4.43 Å². The van der Waals surface area contributed by atoms with Gasteiger partial charge in [0.05, 0.1) is 11.7 Å². The van der Waals surface area contributed by atoms with E-state index in [4.69, 9.17) is 4.43 Å². The Morgan fingerprint density at radius 1 is 0.958 bits per heavy atom. The second-order valence-electron chi connectivity index (χ2n) is 8.43. The molecule has 0 saturated heterocycles. The lowest BCUT2D eigenvalue weighted by Crippen LogP contribution is -2.46. The zero-order valence-electron chi connectivity index (χ0n) is 15.3. The molecule has 0 aromatic heterocycles. The second-order valence-corrected chi connectivity index (χ2v) is 13.2. The van der Waals surface area contributed by atoms with Crippen molar-refractivity contribution in [1.29, 1.82) is 0 Å². The summed E-state index contributed by atoms with van der Waals surface area (Å²) in [6.07, 6.45) is 0.0844. The van der Waals surface area contributed by atoms with Gasteiger partial charge in [0.25, 0.3) is 0 Å². The van der Waals surface area contributed by atoms with E-state index in [1.165, 1.54) is 12.1 Å². The Balaban J connectivity index is 2.20. The molecule has 0 bridgehead atoms. The van der Waals surface area contributed by atoms with Gasteiger partial charge in [-0.05, 0) is 48.7 Å². The lowest BCUT2D eigenvalue weighted by atomic mass is 9.81. The van der Waals surface area contributed by atoms with Crippen LogP contribution in [0.25, 0.3) is 0 Å². The SMILES string of the molecule is CC(C)(C)[Si](C)(C)O[C@@H]1CCCC[C@H]1c1ccc(C(F)(F)F)cc1. The fourth-order valence-corrected chi connectivity index (χ4v) is 4.49. The average molecular weight is 359 g/mol. The van der Waals surface area contributed by atoms with Crippen LogP contribution in [0.5, 0.6) is 0 Å². The van der Waals surface area contributed by atoms with Crippen molar-refractivity contribution in [2.24, 2.45) is 0 Å². The second kappa shape index (κ2) is 6.83. The first kappa shape index (κ1) is 19.5. The van der Waals surface area contributed by atoms with Gasteiger partial charge in [-0.1, -0.05) is 45.7 Å². The van der Waals surface area contributed by atoms with Crippen LogP contribution >= 0.6 is 0 Å². The monoisotopic (exact) mass is 358 g/mol. The largest absolute Gasteiger partial charge is 0.416 e. The summed E-state index contributed by atoms with van der Waals surface area (Å²) >= 11 is 0. The first-order chi connectivity index (χ1) is 10.9. The molecule has 0 amide bonds. The summed E-state index contributed by atoms with van der Waals surface area (Å²) in [6.45, 7) is 11.1. The van der Waals surface area contributed by atoms with Crippen molar-refractivity contribution < 1.29 is 17.6 Å². The normalized spacial score (nSPS) is 23.3. The van der Waals surface area contributed by atoms with Gasteiger partial charge in [0.2, 0.25) is 0 Å². The van der Waals surface area contributed by atoms with Gasteiger partial charge in [-0.25, -0.2) is 0 Å². The Labute approximate surface area is 144 Å². The highest BCUT2D eigenvalue weighted by molar-refractivity contribution is 6.74. The predicted octanol–water partition coefficient (Wildman–Crippen LogP) is 6.75. The van der Waals surface area contributed by atoms with Crippen molar-refractivity contribution >= 4 is 8.32 Å². The van der Waals surface area contributed by atoms with Crippen molar-refractivity contribution in [3.8, 4) is 0 Å². The quantitative estimate of drug-likeness (QED) is 0.543. The summed E-state index contributed by atoms with van der Waals surface area (Å²) in [5.74, 6) is 0.204. The Morgan fingerprint density at radius 2 is 1.50 bits per heavy atom. The summed E-state index contributed by atoms with van der Waals surface area (Å²) in [7, 11) is -1.89. The summed E-state index contributed by atoms with van der Waals surface area (Å²) in [6, 6.07) is 5.68. The Kier molecular flexibility index (Phi) is 5.55. The van der Waals surface area contributed by atoms with Crippen molar-refractivity contribution in [2.75, 3.05) is 0 Å². The summed E-state index contributed by atoms with van der Waals surface area (Å²) in [4.78, 5) is 0. The molecule has 0 aliphatic heterocycles. The lowest BCUT2D eigenvalue weighted by molar-refractivity contribution is -0.137. The van der Waals surface area contributed by atoms with Gasteiger partial charge in [-0.3, -0.25) is 0 Å². The van der Waals surface area contributed by atoms with E-state index >= 15 is 0 Å². The van der Waals surface area contributed by atoms with Crippen molar-refractivity contribution in [3.63, 3.8) is 0 Å². The lowest BCUT2D eigenvalue weighted by Gasteiger charge is -2.43. The fraction of sp³-hybridized carbons (Fsp3) is 0.684. The van der Waals surface area contributed by atoms with Crippen LogP contribution < -0.4 is 0 Å². The van der Waals surface area contributed by atoms with Gasteiger partial charge >= 0.3 is 6.18 Å². The van der Waals surface area contributed by atoms with Crippen LogP contribution in [0.2, 0.25) is 18.1 Å². The third kappa shape index (κ3) is 4.42. The maximum Gasteiger partial charge on any atom is 0.416 e. The maximum absolute atomic E-state index is 12.8. The minimum Gasteiger partial charge on any atom is -0.413 e. The van der Waals surface area contributed by atoms with E-state index in [1.807, 2.05) is 0 Å². The zero-order chi connectivity index (χ0) is 18.2. The van der Waals surface area contributed by atoms with Crippen LogP contribution in [0.4, 0.5) is 13.2 Å². The molecule has 0 N–H and O–H groups in total. The molecule has 1 nitrogen and oxygen atoms in total. The summed E-state index contributed by atoms with van der Waals surface area (Å²) in [5, 5.41) is 0.134. The number of benzene rings is 1. The molecular weight excluding hydrogens is 329 g/mol. The topological polar surface area (TPSA) is 9.23 Å². The molecule has 24 heavy (non-hydrogen) atoms. The zero-order valence-corrected chi connectivity index (χ0v) is 16.3. The van der Waals surface area contributed by atoms with Crippen LogP contribution in [0, 0.1) is 0 Å². The minimum absolute atomic E-state index is 0.122. The van der Waals surface area contributed by atoms with Crippen molar-refractivity contribution in [3.05, 3.63) is 35.4 Å². The number of rotatable bonds is 3. The molecule has 2 atom stereocenters. The molecule has 0 unspecified atom stereocenters. The van der Waals surface area contributed by atoms with Gasteiger partial charge in [0.1, 0.15) is 0 Å². The average Bonchev–Trinajstić information content (AvgIpc) is 2.45. The van der Waals surface area contributed by atoms with Crippen molar-refractivity contribution in [2.45, 2.75) is 82.8 Å². The molecule has 1 aromatic rings. The molecule has 1 fully saturated rings. The van der Waals surface area contributed by atoms with E-state index < -0.39 is 20.1 Å². The number of hydrogen-bond acceptors (Lipinski definition) is 1. The highest BCUT2D eigenvalue weighted by Crippen LogP contribution is 2.43. The number of halogens is 3. The van der Waals surface area contributed by atoms with Gasteiger partial charge in [-0.15, -0.1) is 0 Å². The van der Waals surface area contributed by atoms with Crippen molar-refractivity contribution in [1.82, 2.24) is 0 Å². The molecule has 1 saturated carbocycles. The molecule has 5 heteroatoms. The molecule has 0 radical (unpaired) electrons. The first-order valence-corrected chi connectivity index (χ1v) is 11.7. The van der Waals surface area contributed by atoms with E-state index in [9.17, 15) is 13.2 Å². The smallest absolute Gasteiger partial charge is 0.413 e. The maximum atomic E-state index is 12.8. The van der Waals surface area contributed by atoms with Crippen LogP contribution in [0.15, 0.2) is 24.3 Å². The first-order valence-electron chi connectivity index (χ1n) is 8.77. The molecular formula is C19H29F3OSi. The molecule has 2 rings (SSSR count). The minimum atomic E-state index is -4.28. The molecule has 136 valence electrons. The van der Waals surface area contributed by atoms with E-state index in [-0.39, 0.29) is 17.1 Å². The Bertz CT molecular complexity index is 543. The molecule has 1 aliphatic rings. The van der Waals surface area contributed by atoms with Crippen LogP contribution in [-0.2, 0) is 10.6 Å². The Hall–Kier alpha value is -0.813. The van der Waals surface area contributed by atoms with E-state index in [0.29, 0.717) is 0 Å². The Morgan fingerprint density at radius 3 is 2.00 bits per heavy atom. The third-order valence-corrected chi connectivity index (χ3v) is 10.1. The van der Waals surface area contributed by atoms with Gasteiger partial charge in [0, 0.05) is 5.92 Å².